The Morgan fingerprint density at radius 1 is 1.17 bits per heavy atom. The number of rotatable bonds is 5. The first-order valence-corrected chi connectivity index (χ1v) is 8.83. The first-order valence-electron chi connectivity index (χ1n) is 8.83. The molecule has 0 unspecified atom stereocenters. The molecule has 3 rings (SSSR count). The molecule has 0 aromatic carbocycles. The van der Waals surface area contributed by atoms with Crippen LogP contribution < -0.4 is 10.6 Å². The van der Waals surface area contributed by atoms with Crippen LogP contribution in [0.1, 0.15) is 32.1 Å². The van der Waals surface area contributed by atoms with Gasteiger partial charge in [-0.05, 0) is 51.1 Å². The summed E-state index contributed by atoms with van der Waals surface area (Å²) < 4.78 is 0. The second kappa shape index (κ2) is 7.15. The smallest absolute Gasteiger partial charge is 0.325 e. The van der Waals surface area contributed by atoms with E-state index in [2.05, 4.69) is 15.5 Å². The van der Waals surface area contributed by atoms with Gasteiger partial charge in [0.25, 0.3) is 5.91 Å². The van der Waals surface area contributed by atoms with Crippen molar-refractivity contribution in [3.63, 3.8) is 0 Å². The third-order valence-corrected chi connectivity index (χ3v) is 5.49. The first-order chi connectivity index (χ1) is 11.1. The van der Waals surface area contributed by atoms with Gasteiger partial charge in [-0.2, -0.15) is 0 Å². The molecule has 3 saturated heterocycles. The molecule has 0 saturated carbocycles. The molecule has 3 heterocycles. The highest BCUT2D eigenvalue weighted by atomic mass is 16.3. The molecule has 0 aromatic rings. The third kappa shape index (κ3) is 3.51. The highest BCUT2D eigenvalue weighted by Gasteiger charge is 2.52. The van der Waals surface area contributed by atoms with E-state index < -0.39 is 5.54 Å². The number of carbonyl (C=O) groups excluding carboxylic acids is 2. The number of hydrogen-bond donors (Lipinski definition) is 3. The standard InChI is InChI=1S/C16H28N4O3/c21-11-1-8-19-9-4-16(5-10-19)14(22)20(15(23)18-16)12-13-2-6-17-7-3-13/h13,17,21H,1-12H2,(H,18,23). The van der Waals surface area contributed by atoms with Crippen LogP contribution in [0.25, 0.3) is 0 Å². The molecule has 0 aliphatic carbocycles. The monoisotopic (exact) mass is 324 g/mol. The summed E-state index contributed by atoms with van der Waals surface area (Å²) in [6, 6.07) is -0.211. The normalized spacial score (nSPS) is 26.0. The SMILES string of the molecule is O=C1NC2(CCN(CCCO)CC2)C(=O)N1CC1CCNCC1. The van der Waals surface area contributed by atoms with Crippen molar-refractivity contribution in [1.29, 1.82) is 0 Å². The van der Waals surface area contributed by atoms with Crippen LogP contribution >= 0.6 is 0 Å². The number of aliphatic hydroxyl groups excluding tert-OH is 1. The maximum atomic E-state index is 12.9. The van der Waals surface area contributed by atoms with Gasteiger partial charge in [0.15, 0.2) is 0 Å². The highest BCUT2D eigenvalue weighted by molar-refractivity contribution is 6.07. The van der Waals surface area contributed by atoms with Crippen molar-refractivity contribution >= 4 is 11.9 Å². The summed E-state index contributed by atoms with van der Waals surface area (Å²) in [7, 11) is 0. The van der Waals surface area contributed by atoms with Crippen LogP contribution in [0.15, 0.2) is 0 Å². The lowest BCUT2D eigenvalue weighted by Gasteiger charge is -2.37. The maximum Gasteiger partial charge on any atom is 0.325 e. The van der Waals surface area contributed by atoms with E-state index in [4.69, 9.17) is 5.11 Å². The lowest BCUT2D eigenvalue weighted by atomic mass is 9.87. The van der Waals surface area contributed by atoms with E-state index in [1.807, 2.05) is 0 Å². The average molecular weight is 324 g/mol. The Bertz CT molecular complexity index is 443. The van der Waals surface area contributed by atoms with Gasteiger partial charge in [-0.1, -0.05) is 0 Å². The minimum absolute atomic E-state index is 0.0251. The van der Waals surface area contributed by atoms with Gasteiger partial charge in [0.1, 0.15) is 5.54 Å². The highest BCUT2D eigenvalue weighted by Crippen LogP contribution is 2.30. The van der Waals surface area contributed by atoms with Crippen molar-refractivity contribution in [1.82, 2.24) is 20.4 Å². The Labute approximate surface area is 137 Å². The molecular formula is C16H28N4O3. The number of amides is 3. The fourth-order valence-electron chi connectivity index (χ4n) is 3.96. The molecule has 7 nitrogen and oxygen atoms in total. The fraction of sp³-hybridized carbons (Fsp3) is 0.875. The lowest BCUT2D eigenvalue weighted by Crippen LogP contribution is -2.55. The maximum absolute atomic E-state index is 12.9. The third-order valence-electron chi connectivity index (χ3n) is 5.49. The second-order valence-corrected chi connectivity index (χ2v) is 7.04. The van der Waals surface area contributed by atoms with Crippen molar-refractivity contribution in [3.8, 4) is 0 Å². The number of likely N-dealkylation sites (tertiary alicyclic amines) is 1. The number of piperidine rings is 2. The number of imide groups is 1. The van der Waals surface area contributed by atoms with Crippen LogP contribution in [-0.4, -0.2) is 78.3 Å². The minimum atomic E-state index is -0.681. The molecule has 3 N–H and O–H groups in total. The van der Waals surface area contributed by atoms with Gasteiger partial charge in [0, 0.05) is 32.8 Å². The molecule has 0 aromatic heterocycles. The topological polar surface area (TPSA) is 84.9 Å². The summed E-state index contributed by atoms with van der Waals surface area (Å²) in [5, 5.41) is 15.2. The molecule has 1 spiro atoms. The van der Waals surface area contributed by atoms with Crippen molar-refractivity contribution < 1.29 is 14.7 Å². The fourth-order valence-corrected chi connectivity index (χ4v) is 3.96. The summed E-state index contributed by atoms with van der Waals surface area (Å²) in [5.74, 6) is 0.397. The summed E-state index contributed by atoms with van der Waals surface area (Å²) in [5.41, 5.74) is -0.681. The molecule has 7 heteroatoms. The summed E-state index contributed by atoms with van der Waals surface area (Å²) in [6.07, 6.45) is 4.16. The molecule has 3 aliphatic rings. The minimum Gasteiger partial charge on any atom is -0.396 e. The van der Waals surface area contributed by atoms with Gasteiger partial charge in [0.2, 0.25) is 0 Å². The molecule has 3 fully saturated rings. The zero-order valence-corrected chi connectivity index (χ0v) is 13.7. The molecule has 3 aliphatic heterocycles. The van der Waals surface area contributed by atoms with Crippen LogP contribution in [0.5, 0.6) is 0 Å². The number of hydrogen-bond acceptors (Lipinski definition) is 5. The van der Waals surface area contributed by atoms with Gasteiger partial charge in [-0.3, -0.25) is 9.69 Å². The summed E-state index contributed by atoms with van der Waals surface area (Å²) in [6.45, 7) is 5.15. The first kappa shape index (κ1) is 16.7. The Balaban J connectivity index is 1.57. The summed E-state index contributed by atoms with van der Waals surface area (Å²) in [4.78, 5) is 28.9. The predicted molar refractivity (Wildman–Crippen MR) is 85.9 cm³/mol. The molecule has 3 amide bonds. The average Bonchev–Trinajstić information content (AvgIpc) is 2.80. The number of urea groups is 1. The quantitative estimate of drug-likeness (QED) is 0.608. The molecular weight excluding hydrogens is 296 g/mol. The van der Waals surface area contributed by atoms with Crippen LogP contribution in [-0.2, 0) is 4.79 Å². The van der Waals surface area contributed by atoms with Crippen LogP contribution in [0, 0.1) is 5.92 Å². The Hall–Kier alpha value is -1.18. The largest absolute Gasteiger partial charge is 0.396 e. The van der Waals surface area contributed by atoms with E-state index >= 15 is 0 Å². The molecule has 23 heavy (non-hydrogen) atoms. The van der Waals surface area contributed by atoms with Crippen molar-refractivity contribution in [2.75, 3.05) is 45.9 Å². The van der Waals surface area contributed by atoms with E-state index in [1.165, 1.54) is 4.90 Å². The van der Waals surface area contributed by atoms with E-state index in [-0.39, 0.29) is 18.5 Å². The predicted octanol–water partition coefficient (Wildman–Crippen LogP) is -0.245. The van der Waals surface area contributed by atoms with Gasteiger partial charge in [-0.15, -0.1) is 0 Å². The number of carbonyl (C=O) groups is 2. The van der Waals surface area contributed by atoms with Gasteiger partial charge in [0.05, 0.1) is 0 Å². The van der Waals surface area contributed by atoms with E-state index in [9.17, 15) is 9.59 Å². The molecule has 130 valence electrons. The van der Waals surface area contributed by atoms with Gasteiger partial charge < -0.3 is 20.6 Å². The van der Waals surface area contributed by atoms with Crippen LogP contribution in [0.2, 0.25) is 0 Å². The van der Waals surface area contributed by atoms with Crippen molar-refractivity contribution in [3.05, 3.63) is 0 Å². The number of nitrogens with one attached hydrogen (secondary N) is 2. The summed E-state index contributed by atoms with van der Waals surface area (Å²) >= 11 is 0. The van der Waals surface area contributed by atoms with E-state index in [0.29, 0.717) is 25.3 Å². The second-order valence-electron chi connectivity index (χ2n) is 7.04. The lowest BCUT2D eigenvalue weighted by molar-refractivity contribution is -0.133. The van der Waals surface area contributed by atoms with Crippen LogP contribution in [0.4, 0.5) is 4.79 Å². The van der Waals surface area contributed by atoms with Gasteiger partial charge in [-0.25, -0.2) is 4.79 Å². The Morgan fingerprint density at radius 2 is 1.87 bits per heavy atom. The Kier molecular flexibility index (Phi) is 5.18. The Morgan fingerprint density at radius 3 is 2.52 bits per heavy atom. The molecule has 0 radical (unpaired) electrons. The zero-order chi connectivity index (χ0) is 16.3. The number of nitrogens with zero attached hydrogens (tertiary/aromatic N) is 2. The van der Waals surface area contributed by atoms with Crippen LogP contribution in [0.3, 0.4) is 0 Å². The zero-order valence-electron chi connectivity index (χ0n) is 13.7. The molecule has 0 bridgehead atoms. The van der Waals surface area contributed by atoms with E-state index in [0.717, 1.165) is 52.0 Å². The van der Waals surface area contributed by atoms with E-state index in [1.54, 1.807) is 0 Å². The van der Waals surface area contributed by atoms with Crippen molar-refractivity contribution in [2.45, 2.75) is 37.6 Å². The molecule has 0 atom stereocenters. The number of aliphatic hydroxyl groups is 1. The van der Waals surface area contributed by atoms with Gasteiger partial charge >= 0.3 is 6.03 Å². The van der Waals surface area contributed by atoms with Crippen molar-refractivity contribution in [2.24, 2.45) is 5.92 Å².